The van der Waals surface area contributed by atoms with Gasteiger partial charge in [0.05, 0.1) is 17.3 Å². The van der Waals surface area contributed by atoms with Crippen molar-refractivity contribution in [1.82, 2.24) is 10.3 Å². The van der Waals surface area contributed by atoms with E-state index in [2.05, 4.69) is 10.2 Å². The van der Waals surface area contributed by atoms with E-state index in [1.165, 1.54) is 19.3 Å². The number of rotatable bonds is 5. The number of piperidine rings is 1. The van der Waals surface area contributed by atoms with Gasteiger partial charge in [-0.3, -0.25) is 4.79 Å². The number of carbonyl (C=O) groups excluding carboxylic acids is 1. The molecule has 1 amide bonds. The lowest BCUT2D eigenvalue weighted by Crippen LogP contribution is -2.29. The van der Waals surface area contributed by atoms with Crippen molar-refractivity contribution in [3.63, 3.8) is 0 Å². The number of hydrogen-bond acceptors (Lipinski definition) is 5. The molecule has 0 unspecified atom stereocenters. The van der Waals surface area contributed by atoms with Gasteiger partial charge in [0.1, 0.15) is 5.75 Å². The van der Waals surface area contributed by atoms with Crippen molar-refractivity contribution < 1.29 is 9.53 Å². The molecule has 5 nitrogen and oxygen atoms in total. The van der Waals surface area contributed by atoms with E-state index in [1.54, 1.807) is 18.4 Å². The Morgan fingerprint density at radius 2 is 2.04 bits per heavy atom. The Hall–Kier alpha value is -2.60. The van der Waals surface area contributed by atoms with Gasteiger partial charge in [-0.05, 0) is 55.2 Å². The highest BCUT2D eigenvalue weighted by molar-refractivity contribution is 7.22. The Morgan fingerprint density at radius 1 is 1.19 bits per heavy atom. The number of fused-ring (bicyclic) bond motifs is 1. The van der Waals surface area contributed by atoms with Gasteiger partial charge in [-0.1, -0.05) is 23.5 Å². The highest BCUT2D eigenvalue weighted by atomic mass is 32.1. The van der Waals surface area contributed by atoms with Crippen LogP contribution in [0.1, 0.15) is 35.2 Å². The number of anilines is 1. The maximum absolute atomic E-state index is 12.6. The molecule has 27 heavy (non-hydrogen) atoms. The summed E-state index contributed by atoms with van der Waals surface area (Å²) in [6.45, 7) is 2.62. The van der Waals surface area contributed by atoms with E-state index in [1.807, 2.05) is 42.5 Å². The summed E-state index contributed by atoms with van der Waals surface area (Å²) in [5.41, 5.74) is 2.64. The van der Waals surface area contributed by atoms with Crippen molar-refractivity contribution in [2.45, 2.75) is 25.8 Å². The Kier molecular flexibility index (Phi) is 5.25. The molecule has 0 saturated carbocycles. The van der Waals surface area contributed by atoms with Gasteiger partial charge < -0.3 is 15.0 Å². The second kappa shape index (κ2) is 7.96. The molecule has 1 aromatic heterocycles. The van der Waals surface area contributed by atoms with Crippen molar-refractivity contribution in [1.29, 1.82) is 0 Å². The van der Waals surface area contributed by atoms with Crippen LogP contribution in [0.4, 0.5) is 5.13 Å². The number of thiazole rings is 1. The minimum absolute atomic E-state index is 0.0763. The number of benzene rings is 2. The quantitative estimate of drug-likeness (QED) is 0.719. The Bertz CT molecular complexity index is 948. The lowest BCUT2D eigenvalue weighted by atomic mass is 10.1. The molecule has 4 rings (SSSR count). The largest absolute Gasteiger partial charge is 0.497 e. The van der Waals surface area contributed by atoms with Crippen molar-refractivity contribution in [2.24, 2.45) is 0 Å². The number of ether oxygens (including phenoxy) is 1. The van der Waals surface area contributed by atoms with E-state index in [4.69, 9.17) is 9.72 Å². The molecule has 0 radical (unpaired) electrons. The fourth-order valence-electron chi connectivity index (χ4n) is 3.34. The SMILES string of the molecule is COc1cccc(CNC(=O)c2ccc3nc(N4CCCCC4)sc3c2)c1. The molecule has 0 spiro atoms. The van der Waals surface area contributed by atoms with Crippen LogP contribution in [-0.4, -0.2) is 31.1 Å². The molecule has 2 aromatic carbocycles. The van der Waals surface area contributed by atoms with Gasteiger partial charge in [-0.25, -0.2) is 4.98 Å². The maximum Gasteiger partial charge on any atom is 0.251 e. The monoisotopic (exact) mass is 381 g/mol. The van der Waals surface area contributed by atoms with Crippen LogP contribution in [0, 0.1) is 0 Å². The van der Waals surface area contributed by atoms with E-state index in [-0.39, 0.29) is 5.91 Å². The fourth-order valence-corrected chi connectivity index (χ4v) is 4.40. The second-order valence-electron chi connectivity index (χ2n) is 6.76. The minimum atomic E-state index is -0.0763. The smallest absolute Gasteiger partial charge is 0.251 e. The highest BCUT2D eigenvalue weighted by Crippen LogP contribution is 2.31. The van der Waals surface area contributed by atoms with Gasteiger partial charge in [0.15, 0.2) is 5.13 Å². The summed E-state index contributed by atoms with van der Waals surface area (Å²) in [5.74, 6) is 0.714. The van der Waals surface area contributed by atoms with E-state index >= 15 is 0 Å². The van der Waals surface area contributed by atoms with Crippen molar-refractivity contribution >= 4 is 32.6 Å². The summed E-state index contributed by atoms with van der Waals surface area (Å²) >= 11 is 1.67. The van der Waals surface area contributed by atoms with Crippen molar-refractivity contribution in [3.8, 4) is 5.75 Å². The number of methoxy groups -OCH3 is 1. The van der Waals surface area contributed by atoms with Crippen LogP contribution in [0.5, 0.6) is 5.75 Å². The fraction of sp³-hybridized carbons (Fsp3) is 0.333. The van der Waals surface area contributed by atoms with Crippen LogP contribution in [0.2, 0.25) is 0 Å². The first-order valence-electron chi connectivity index (χ1n) is 9.29. The van der Waals surface area contributed by atoms with Crippen molar-refractivity contribution in [2.75, 3.05) is 25.1 Å². The number of nitrogens with one attached hydrogen (secondary N) is 1. The van der Waals surface area contributed by atoms with Crippen LogP contribution in [0.15, 0.2) is 42.5 Å². The van der Waals surface area contributed by atoms with Crippen LogP contribution in [0.25, 0.3) is 10.2 Å². The second-order valence-corrected chi connectivity index (χ2v) is 7.77. The summed E-state index contributed by atoms with van der Waals surface area (Å²) in [7, 11) is 1.64. The van der Waals surface area contributed by atoms with Crippen LogP contribution < -0.4 is 15.0 Å². The Labute approximate surface area is 163 Å². The van der Waals surface area contributed by atoms with Gasteiger partial charge in [-0.15, -0.1) is 0 Å². The minimum Gasteiger partial charge on any atom is -0.497 e. The van der Waals surface area contributed by atoms with E-state index in [0.717, 1.165) is 39.8 Å². The zero-order valence-corrected chi connectivity index (χ0v) is 16.2. The number of hydrogen-bond donors (Lipinski definition) is 1. The molecule has 1 aliphatic rings. The van der Waals surface area contributed by atoms with E-state index in [0.29, 0.717) is 12.1 Å². The molecule has 1 aliphatic heterocycles. The molecule has 2 heterocycles. The third kappa shape index (κ3) is 4.06. The molecule has 1 N–H and O–H groups in total. The molecule has 3 aromatic rings. The Balaban J connectivity index is 1.46. The topological polar surface area (TPSA) is 54.5 Å². The maximum atomic E-state index is 12.6. The average molecular weight is 382 g/mol. The number of nitrogens with zero attached hydrogens (tertiary/aromatic N) is 2. The normalized spacial score (nSPS) is 14.3. The summed E-state index contributed by atoms with van der Waals surface area (Å²) in [6.07, 6.45) is 3.76. The molecule has 6 heteroatoms. The van der Waals surface area contributed by atoms with Gasteiger partial charge in [-0.2, -0.15) is 0 Å². The predicted octanol–water partition coefficient (Wildman–Crippen LogP) is 4.23. The molecule has 0 bridgehead atoms. The summed E-state index contributed by atoms with van der Waals surface area (Å²) in [4.78, 5) is 19.7. The standard InChI is InChI=1S/C21H23N3O2S/c1-26-17-7-5-6-15(12-17)14-22-20(25)16-8-9-18-19(13-16)27-21(23-18)24-10-3-2-4-11-24/h5-9,12-13H,2-4,10-11,14H2,1H3,(H,22,25). The number of carbonyl (C=O) groups is 1. The first-order valence-corrected chi connectivity index (χ1v) is 10.1. The van der Waals surface area contributed by atoms with Crippen LogP contribution in [-0.2, 0) is 6.54 Å². The lowest BCUT2D eigenvalue weighted by molar-refractivity contribution is 0.0951. The zero-order chi connectivity index (χ0) is 18.6. The highest BCUT2D eigenvalue weighted by Gasteiger charge is 2.16. The molecule has 140 valence electrons. The van der Waals surface area contributed by atoms with Crippen LogP contribution >= 0.6 is 11.3 Å². The summed E-state index contributed by atoms with van der Waals surface area (Å²) < 4.78 is 6.28. The van der Waals surface area contributed by atoms with Gasteiger partial charge >= 0.3 is 0 Å². The molecule has 0 aliphatic carbocycles. The zero-order valence-electron chi connectivity index (χ0n) is 15.4. The summed E-state index contributed by atoms with van der Waals surface area (Å²) in [6, 6.07) is 13.5. The van der Waals surface area contributed by atoms with Gasteiger partial charge in [0.25, 0.3) is 5.91 Å². The lowest BCUT2D eigenvalue weighted by Gasteiger charge is -2.25. The van der Waals surface area contributed by atoms with E-state index in [9.17, 15) is 4.79 Å². The number of aromatic nitrogens is 1. The summed E-state index contributed by atoms with van der Waals surface area (Å²) in [5, 5.41) is 4.05. The first kappa shape index (κ1) is 17.8. The van der Waals surface area contributed by atoms with E-state index < -0.39 is 0 Å². The molecular weight excluding hydrogens is 358 g/mol. The average Bonchev–Trinajstić information content (AvgIpc) is 3.16. The van der Waals surface area contributed by atoms with Crippen molar-refractivity contribution in [3.05, 3.63) is 53.6 Å². The first-order chi connectivity index (χ1) is 13.2. The third-order valence-corrected chi connectivity index (χ3v) is 5.93. The van der Waals surface area contributed by atoms with Crippen LogP contribution in [0.3, 0.4) is 0 Å². The molecule has 0 atom stereocenters. The van der Waals surface area contributed by atoms with Gasteiger partial charge in [0, 0.05) is 25.2 Å². The third-order valence-electron chi connectivity index (χ3n) is 4.85. The molecular formula is C21H23N3O2S. The number of amides is 1. The van der Waals surface area contributed by atoms with Gasteiger partial charge in [0.2, 0.25) is 0 Å². The molecule has 1 fully saturated rings. The predicted molar refractivity (Wildman–Crippen MR) is 110 cm³/mol. The Morgan fingerprint density at radius 3 is 2.85 bits per heavy atom. The molecule has 1 saturated heterocycles.